The zero-order chi connectivity index (χ0) is 17.6. The molecule has 1 saturated heterocycles. The predicted molar refractivity (Wildman–Crippen MR) is 99.6 cm³/mol. The highest BCUT2D eigenvalue weighted by molar-refractivity contribution is 5.86. The molecule has 0 spiro atoms. The number of nitrogens with zero attached hydrogens (tertiary/aromatic N) is 2. The molecule has 136 valence electrons. The molecular weight excluding hydrogens is 314 g/mol. The van der Waals surface area contributed by atoms with Gasteiger partial charge in [0.25, 0.3) is 0 Å². The van der Waals surface area contributed by atoms with Crippen LogP contribution in [-0.2, 0) is 9.59 Å². The van der Waals surface area contributed by atoms with Crippen molar-refractivity contribution in [1.29, 1.82) is 0 Å². The molecule has 0 aromatic heterocycles. The minimum atomic E-state index is 0.0357. The van der Waals surface area contributed by atoms with Crippen molar-refractivity contribution in [2.24, 2.45) is 5.92 Å². The lowest BCUT2D eigenvalue weighted by molar-refractivity contribution is -0.134. The van der Waals surface area contributed by atoms with Gasteiger partial charge in [-0.25, -0.2) is 0 Å². The van der Waals surface area contributed by atoms with Gasteiger partial charge in [-0.1, -0.05) is 37.5 Å². The molecule has 2 fully saturated rings. The monoisotopic (exact) mass is 343 g/mol. The van der Waals surface area contributed by atoms with Crippen LogP contribution in [0.3, 0.4) is 0 Å². The quantitative estimate of drug-likeness (QED) is 0.913. The summed E-state index contributed by atoms with van der Waals surface area (Å²) in [5, 5.41) is 2.86. The van der Waals surface area contributed by atoms with E-state index in [2.05, 4.69) is 35.3 Å². The Labute approximate surface area is 150 Å². The molecule has 0 unspecified atom stereocenters. The number of para-hydroxylation sites is 1. The highest BCUT2D eigenvalue weighted by Gasteiger charge is 2.24. The summed E-state index contributed by atoms with van der Waals surface area (Å²) in [5.41, 5.74) is 2.52. The van der Waals surface area contributed by atoms with E-state index in [9.17, 15) is 9.59 Å². The number of aryl methyl sites for hydroxylation is 1. The minimum absolute atomic E-state index is 0.0357. The van der Waals surface area contributed by atoms with Crippen molar-refractivity contribution >= 4 is 17.5 Å². The van der Waals surface area contributed by atoms with Gasteiger partial charge < -0.3 is 15.1 Å². The second-order valence-electron chi connectivity index (χ2n) is 7.21. The van der Waals surface area contributed by atoms with Gasteiger partial charge >= 0.3 is 0 Å². The fraction of sp³-hybridized carbons (Fsp3) is 0.600. The third-order valence-electron chi connectivity index (χ3n) is 5.48. The van der Waals surface area contributed by atoms with E-state index in [4.69, 9.17) is 0 Å². The minimum Gasteiger partial charge on any atom is -0.368 e. The molecule has 25 heavy (non-hydrogen) atoms. The average molecular weight is 343 g/mol. The van der Waals surface area contributed by atoms with Crippen LogP contribution in [0.1, 0.15) is 37.7 Å². The van der Waals surface area contributed by atoms with Crippen LogP contribution in [0, 0.1) is 12.8 Å². The summed E-state index contributed by atoms with van der Waals surface area (Å²) in [6, 6.07) is 8.36. The maximum absolute atomic E-state index is 12.4. The molecule has 1 saturated carbocycles. The standard InChI is InChI=1S/C20H29N3O2/c1-16-7-5-6-10-18(16)22-11-13-23(14-12-22)19(24)15-21-20(25)17-8-3-2-4-9-17/h5-7,10,17H,2-4,8-9,11-15H2,1H3,(H,21,25). The number of nitrogens with one attached hydrogen (secondary N) is 1. The molecule has 1 aliphatic heterocycles. The smallest absolute Gasteiger partial charge is 0.242 e. The van der Waals surface area contributed by atoms with E-state index >= 15 is 0 Å². The van der Waals surface area contributed by atoms with Gasteiger partial charge in [0, 0.05) is 37.8 Å². The lowest BCUT2D eigenvalue weighted by Crippen LogP contribution is -2.51. The number of carbonyl (C=O) groups excluding carboxylic acids is 2. The predicted octanol–water partition coefficient (Wildman–Crippen LogP) is 2.34. The molecule has 1 N–H and O–H groups in total. The van der Waals surface area contributed by atoms with Gasteiger partial charge in [0.1, 0.15) is 0 Å². The summed E-state index contributed by atoms with van der Waals surface area (Å²) in [7, 11) is 0. The van der Waals surface area contributed by atoms with Gasteiger partial charge in [0.15, 0.2) is 0 Å². The van der Waals surface area contributed by atoms with Crippen LogP contribution in [0.4, 0.5) is 5.69 Å². The molecule has 2 aliphatic rings. The third-order valence-corrected chi connectivity index (χ3v) is 5.48. The Hall–Kier alpha value is -2.04. The number of hydrogen-bond acceptors (Lipinski definition) is 3. The second-order valence-corrected chi connectivity index (χ2v) is 7.21. The first-order valence-corrected chi connectivity index (χ1v) is 9.51. The highest BCUT2D eigenvalue weighted by atomic mass is 16.2. The molecule has 0 radical (unpaired) electrons. The van der Waals surface area contributed by atoms with E-state index in [-0.39, 0.29) is 24.3 Å². The largest absolute Gasteiger partial charge is 0.368 e. The number of hydrogen-bond donors (Lipinski definition) is 1. The Morgan fingerprint density at radius 3 is 2.40 bits per heavy atom. The van der Waals surface area contributed by atoms with Crippen molar-refractivity contribution in [2.75, 3.05) is 37.6 Å². The van der Waals surface area contributed by atoms with Gasteiger partial charge in [-0.15, -0.1) is 0 Å². The molecule has 0 bridgehead atoms. The van der Waals surface area contributed by atoms with E-state index in [0.29, 0.717) is 13.1 Å². The van der Waals surface area contributed by atoms with Crippen LogP contribution in [0.2, 0.25) is 0 Å². The number of benzene rings is 1. The lowest BCUT2D eigenvalue weighted by Gasteiger charge is -2.37. The van der Waals surface area contributed by atoms with Crippen LogP contribution in [0.25, 0.3) is 0 Å². The molecule has 3 rings (SSSR count). The lowest BCUT2D eigenvalue weighted by atomic mass is 9.89. The number of anilines is 1. The van der Waals surface area contributed by atoms with Crippen LogP contribution in [0.15, 0.2) is 24.3 Å². The maximum Gasteiger partial charge on any atom is 0.242 e. The van der Waals surface area contributed by atoms with Crippen molar-refractivity contribution in [3.63, 3.8) is 0 Å². The molecule has 1 aliphatic carbocycles. The van der Waals surface area contributed by atoms with Gasteiger partial charge in [-0.05, 0) is 31.4 Å². The maximum atomic E-state index is 12.4. The van der Waals surface area contributed by atoms with E-state index in [1.54, 1.807) is 0 Å². The summed E-state index contributed by atoms with van der Waals surface area (Å²) < 4.78 is 0. The number of piperazine rings is 1. The molecule has 0 atom stereocenters. The van der Waals surface area contributed by atoms with Gasteiger partial charge in [0.05, 0.1) is 6.54 Å². The summed E-state index contributed by atoms with van der Waals surface area (Å²) >= 11 is 0. The first-order valence-electron chi connectivity index (χ1n) is 9.51. The van der Waals surface area contributed by atoms with E-state index in [1.165, 1.54) is 17.7 Å². The topological polar surface area (TPSA) is 52.6 Å². The van der Waals surface area contributed by atoms with Crippen LogP contribution in [0.5, 0.6) is 0 Å². The fourth-order valence-corrected chi connectivity index (χ4v) is 3.90. The first-order chi connectivity index (χ1) is 12.1. The Bertz CT molecular complexity index is 603. The SMILES string of the molecule is Cc1ccccc1N1CCN(C(=O)CNC(=O)C2CCCCC2)CC1. The molecular formula is C20H29N3O2. The molecule has 1 aromatic rings. The van der Waals surface area contributed by atoms with Crippen LogP contribution >= 0.6 is 0 Å². The second kappa shape index (κ2) is 8.37. The summed E-state index contributed by atoms with van der Waals surface area (Å²) in [5.74, 6) is 0.208. The molecule has 1 aromatic carbocycles. The van der Waals surface area contributed by atoms with E-state index < -0.39 is 0 Å². The Balaban J connectivity index is 1.44. The van der Waals surface area contributed by atoms with Crippen LogP contribution in [-0.4, -0.2) is 49.4 Å². The normalized spacial score (nSPS) is 18.9. The fourth-order valence-electron chi connectivity index (χ4n) is 3.90. The molecule has 5 nitrogen and oxygen atoms in total. The van der Waals surface area contributed by atoms with E-state index in [1.807, 2.05) is 11.0 Å². The van der Waals surface area contributed by atoms with Gasteiger partial charge in [-0.3, -0.25) is 9.59 Å². The molecule has 5 heteroatoms. The third kappa shape index (κ3) is 4.53. The zero-order valence-electron chi connectivity index (χ0n) is 15.2. The van der Waals surface area contributed by atoms with Gasteiger partial charge in [-0.2, -0.15) is 0 Å². The van der Waals surface area contributed by atoms with Crippen molar-refractivity contribution in [3.8, 4) is 0 Å². The van der Waals surface area contributed by atoms with Crippen LogP contribution < -0.4 is 10.2 Å². The Morgan fingerprint density at radius 2 is 1.72 bits per heavy atom. The van der Waals surface area contributed by atoms with Gasteiger partial charge in [0.2, 0.25) is 11.8 Å². The number of rotatable bonds is 4. The summed E-state index contributed by atoms with van der Waals surface area (Å²) in [4.78, 5) is 28.8. The summed E-state index contributed by atoms with van der Waals surface area (Å²) in [6.45, 7) is 5.37. The number of carbonyl (C=O) groups is 2. The molecule has 2 amide bonds. The molecule has 1 heterocycles. The average Bonchev–Trinajstić information content (AvgIpc) is 2.67. The zero-order valence-corrected chi connectivity index (χ0v) is 15.2. The highest BCUT2D eigenvalue weighted by Crippen LogP contribution is 2.23. The van der Waals surface area contributed by atoms with E-state index in [0.717, 1.165) is 38.8 Å². The van der Waals surface area contributed by atoms with Crippen molar-refractivity contribution < 1.29 is 9.59 Å². The Kier molecular flexibility index (Phi) is 5.95. The number of amides is 2. The van der Waals surface area contributed by atoms with Crippen molar-refractivity contribution in [1.82, 2.24) is 10.2 Å². The summed E-state index contributed by atoms with van der Waals surface area (Å²) in [6.07, 6.45) is 5.43. The van der Waals surface area contributed by atoms with Crippen molar-refractivity contribution in [2.45, 2.75) is 39.0 Å². The first kappa shape index (κ1) is 17.8. The van der Waals surface area contributed by atoms with Crippen molar-refractivity contribution in [3.05, 3.63) is 29.8 Å². The Morgan fingerprint density at radius 1 is 1.04 bits per heavy atom.